The van der Waals surface area contributed by atoms with E-state index in [4.69, 9.17) is 23.2 Å². The van der Waals surface area contributed by atoms with E-state index < -0.39 is 4.87 Å². The first-order valence-electron chi connectivity index (χ1n) is 10.5. The van der Waals surface area contributed by atoms with Crippen LogP contribution in [0.2, 0.25) is 5.02 Å². The van der Waals surface area contributed by atoms with Crippen LogP contribution in [0.15, 0.2) is 60.8 Å². The lowest BCUT2D eigenvalue weighted by Crippen LogP contribution is -2.05. The number of aromatic hydroxyl groups is 1. The first-order chi connectivity index (χ1) is 15.0. The van der Waals surface area contributed by atoms with Gasteiger partial charge in [-0.05, 0) is 91.9 Å². The summed E-state index contributed by atoms with van der Waals surface area (Å²) in [5.41, 5.74) is 6.56. The van der Waals surface area contributed by atoms with E-state index in [9.17, 15) is 9.50 Å². The molecule has 166 valence electrons. The van der Waals surface area contributed by atoms with Crippen LogP contribution in [-0.2, 0) is 0 Å². The van der Waals surface area contributed by atoms with E-state index in [0.717, 1.165) is 33.6 Å². The number of aryl methyl sites for hydroxylation is 1. The Hall–Kier alpha value is -2.49. The Morgan fingerprint density at radius 2 is 1.75 bits per heavy atom. The summed E-state index contributed by atoms with van der Waals surface area (Å²) in [6.07, 6.45) is 0. The van der Waals surface area contributed by atoms with E-state index in [-0.39, 0.29) is 23.4 Å². The largest absolute Gasteiger partial charge is 0.507 e. The number of hydrogen-bond donors (Lipinski definition) is 2. The fraction of sp³-hybridized carbons (Fsp3) is 0.259. The molecule has 0 aliphatic heterocycles. The Labute approximate surface area is 198 Å². The average Bonchev–Trinajstić information content (AvgIpc) is 3.29. The zero-order chi connectivity index (χ0) is 23.4. The van der Waals surface area contributed by atoms with Gasteiger partial charge >= 0.3 is 0 Å². The number of rotatable bonds is 5. The molecule has 3 aromatic rings. The van der Waals surface area contributed by atoms with Crippen LogP contribution in [-0.4, -0.2) is 9.98 Å². The summed E-state index contributed by atoms with van der Waals surface area (Å²) < 4.78 is 13.9. The third kappa shape index (κ3) is 4.00. The second-order valence-corrected chi connectivity index (χ2v) is 10.1. The standard InChI is InChI=1S/C27H26Cl2FNO/c1-14-10-18(12-19(28)11-14)26-25(27(26,5)29)17(4)31-20-6-9-24(32)22(13-20)21-7-8-23(30)16(3)15(21)2/h6-13,25-26,31-32H,4H2,1-3,5H3. The summed E-state index contributed by atoms with van der Waals surface area (Å²) in [5.74, 6) is -0.00351. The number of halogens is 3. The van der Waals surface area contributed by atoms with Gasteiger partial charge in [0.1, 0.15) is 11.6 Å². The van der Waals surface area contributed by atoms with Crippen molar-refractivity contribution in [1.82, 2.24) is 0 Å². The lowest BCUT2D eigenvalue weighted by molar-refractivity contribution is 0.477. The first-order valence-corrected chi connectivity index (χ1v) is 11.3. The molecule has 4 rings (SSSR count). The van der Waals surface area contributed by atoms with E-state index in [1.54, 1.807) is 25.1 Å². The highest BCUT2D eigenvalue weighted by molar-refractivity contribution is 6.31. The summed E-state index contributed by atoms with van der Waals surface area (Å²) in [7, 11) is 0. The van der Waals surface area contributed by atoms with Crippen molar-refractivity contribution in [2.24, 2.45) is 5.92 Å². The average molecular weight is 470 g/mol. The molecule has 0 amide bonds. The van der Waals surface area contributed by atoms with Gasteiger partial charge in [0.05, 0.1) is 4.87 Å². The Kier molecular flexibility index (Phi) is 5.77. The summed E-state index contributed by atoms with van der Waals surface area (Å²) in [5, 5.41) is 14.6. The smallest absolute Gasteiger partial charge is 0.126 e. The summed E-state index contributed by atoms with van der Waals surface area (Å²) >= 11 is 13.1. The molecule has 0 radical (unpaired) electrons. The molecule has 2 nitrogen and oxygen atoms in total. The molecule has 5 heteroatoms. The fourth-order valence-electron chi connectivity index (χ4n) is 4.66. The van der Waals surface area contributed by atoms with Crippen molar-refractivity contribution in [2.75, 3.05) is 5.32 Å². The molecular formula is C27H26Cl2FNO. The molecule has 3 atom stereocenters. The number of allylic oxidation sites excluding steroid dienone is 1. The molecule has 1 saturated carbocycles. The van der Waals surface area contributed by atoms with E-state index >= 15 is 0 Å². The molecule has 1 aliphatic carbocycles. The highest BCUT2D eigenvalue weighted by Gasteiger charge is 2.62. The van der Waals surface area contributed by atoms with Crippen molar-refractivity contribution in [3.05, 3.63) is 93.9 Å². The molecule has 0 bridgehead atoms. The molecule has 3 aromatic carbocycles. The van der Waals surface area contributed by atoms with E-state index in [2.05, 4.69) is 18.0 Å². The predicted octanol–water partition coefficient (Wildman–Crippen LogP) is 8.11. The highest BCUT2D eigenvalue weighted by atomic mass is 35.5. The molecule has 32 heavy (non-hydrogen) atoms. The number of anilines is 1. The number of benzene rings is 3. The summed E-state index contributed by atoms with van der Waals surface area (Å²) in [6.45, 7) is 11.9. The molecule has 0 aromatic heterocycles. The number of hydrogen-bond acceptors (Lipinski definition) is 2. The lowest BCUT2D eigenvalue weighted by Gasteiger charge is -2.15. The summed E-state index contributed by atoms with van der Waals surface area (Å²) in [6, 6.07) is 14.4. The molecular weight excluding hydrogens is 444 g/mol. The molecule has 0 heterocycles. The van der Waals surface area contributed by atoms with Crippen LogP contribution < -0.4 is 5.32 Å². The zero-order valence-corrected chi connectivity index (χ0v) is 20.1. The fourth-order valence-corrected chi connectivity index (χ4v) is 5.40. The quantitative estimate of drug-likeness (QED) is 0.292. The minimum atomic E-state index is -0.467. The van der Waals surface area contributed by atoms with Gasteiger partial charge in [-0.15, -0.1) is 11.6 Å². The van der Waals surface area contributed by atoms with Gasteiger partial charge in [-0.3, -0.25) is 0 Å². The van der Waals surface area contributed by atoms with Crippen molar-refractivity contribution in [1.29, 1.82) is 0 Å². The zero-order valence-electron chi connectivity index (χ0n) is 18.6. The van der Waals surface area contributed by atoms with Gasteiger partial charge in [0, 0.05) is 33.8 Å². The third-order valence-electron chi connectivity index (χ3n) is 6.55. The lowest BCUT2D eigenvalue weighted by atomic mass is 9.95. The van der Waals surface area contributed by atoms with Crippen LogP contribution in [0.5, 0.6) is 5.75 Å². The number of alkyl halides is 1. The maximum absolute atomic E-state index is 13.9. The van der Waals surface area contributed by atoms with Crippen molar-refractivity contribution >= 4 is 28.9 Å². The minimum Gasteiger partial charge on any atom is -0.507 e. The van der Waals surface area contributed by atoms with Crippen molar-refractivity contribution in [2.45, 2.75) is 38.5 Å². The maximum atomic E-state index is 13.9. The van der Waals surface area contributed by atoms with E-state index in [1.165, 1.54) is 6.07 Å². The van der Waals surface area contributed by atoms with Crippen LogP contribution in [0.3, 0.4) is 0 Å². The maximum Gasteiger partial charge on any atom is 0.126 e. The van der Waals surface area contributed by atoms with E-state index in [0.29, 0.717) is 16.1 Å². The SMILES string of the molecule is C=C(Nc1ccc(O)c(-c2ccc(F)c(C)c2C)c1)C1C(c2cc(C)cc(Cl)c2)C1(C)Cl. The molecule has 3 unspecified atom stereocenters. The monoisotopic (exact) mass is 469 g/mol. The van der Waals surface area contributed by atoms with Crippen LogP contribution in [0.1, 0.15) is 35.1 Å². The number of phenolic OH excluding ortho intramolecular Hbond substituents is 1. The van der Waals surface area contributed by atoms with Crippen molar-refractivity contribution in [3.8, 4) is 16.9 Å². The van der Waals surface area contributed by atoms with Crippen molar-refractivity contribution < 1.29 is 9.50 Å². The molecule has 0 spiro atoms. The molecule has 2 N–H and O–H groups in total. The summed E-state index contributed by atoms with van der Waals surface area (Å²) in [4.78, 5) is -0.467. The van der Waals surface area contributed by atoms with Gasteiger partial charge in [0.15, 0.2) is 0 Å². The molecule has 1 aliphatic rings. The second kappa shape index (κ2) is 8.13. The third-order valence-corrected chi connectivity index (χ3v) is 7.24. The Balaban J connectivity index is 1.61. The Bertz CT molecular complexity index is 1210. The number of nitrogens with one attached hydrogen (secondary N) is 1. The van der Waals surface area contributed by atoms with Gasteiger partial charge in [-0.2, -0.15) is 0 Å². The van der Waals surface area contributed by atoms with Gasteiger partial charge in [0.2, 0.25) is 0 Å². The van der Waals surface area contributed by atoms with Crippen LogP contribution in [0.25, 0.3) is 11.1 Å². The van der Waals surface area contributed by atoms with Gasteiger partial charge < -0.3 is 10.4 Å². The van der Waals surface area contributed by atoms with Crippen molar-refractivity contribution in [3.63, 3.8) is 0 Å². The topological polar surface area (TPSA) is 32.3 Å². The normalized spacial score (nSPS) is 22.0. The highest BCUT2D eigenvalue weighted by Crippen LogP contribution is 2.64. The van der Waals surface area contributed by atoms with Gasteiger partial charge in [-0.1, -0.05) is 30.3 Å². The van der Waals surface area contributed by atoms with Crippen LogP contribution >= 0.6 is 23.2 Å². The predicted molar refractivity (Wildman–Crippen MR) is 132 cm³/mol. The van der Waals surface area contributed by atoms with E-state index in [1.807, 2.05) is 39.0 Å². The molecule has 1 fully saturated rings. The van der Waals surface area contributed by atoms with Gasteiger partial charge in [-0.25, -0.2) is 4.39 Å². The molecule has 0 saturated heterocycles. The van der Waals surface area contributed by atoms with Crippen LogP contribution in [0.4, 0.5) is 10.1 Å². The van der Waals surface area contributed by atoms with Crippen LogP contribution in [0, 0.1) is 32.5 Å². The van der Waals surface area contributed by atoms with Gasteiger partial charge in [0.25, 0.3) is 0 Å². The Morgan fingerprint density at radius 1 is 1.03 bits per heavy atom. The first kappa shape index (κ1) is 22.7. The Morgan fingerprint density at radius 3 is 2.44 bits per heavy atom. The number of phenols is 1. The second-order valence-electron chi connectivity index (χ2n) is 8.90. The minimum absolute atomic E-state index is 0.0223.